The Hall–Kier alpha value is -1.10. The fraction of sp³-hybridized carbons (Fsp3) is 0.857. The summed E-state index contributed by atoms with van der Waals surface area (Å²) < 4.78 is 5.74. The van der Waals surface area contributed by atoms with Crippen molar-refractivity contribution >= 4 is 11.9 Å². The van der Waals surface area contributed by atoms with Gasteiger partial charge in [0.2, 0.25) is 5.91 Å². The van der Waals surface area contributed by atoms with Crippen molar-refractivity contribution in [3.05, 3.63) is 0 Å². The number of carboxylic acids is 1. The van der Waals surface area contributed by atoms with Gasteiger partial charge in [0.25, 0.3) is 0 Å². The Balaban J connectivity index is 1.79. The van der Waals surface area contributed by atoms with Crippen molar-refractivity contribution in [1.82, 2.24) is 4.90 Å². The number of amides is 1. The van der Waals surface area contributed by atoms with E-state index >= 15 is 0 Å². The summed E-state index contributed by atoms with van der Waals surface area (Å²) in [5.41, 5.74) is 0. The third-order valence-electron chi connectivity index (χ3n) is 3.97. The molecule has 1 N–H and O–H groups in total. The fourth-order valence-corrected chi connectivity index (χ4v) is 2.71. The van der Waals surface area contributed by atoms with Crippen molar-refractivity contribution in [2.45, 2.75) is 45.1 Å². The molecule has 3 atom stereocenters. The summed E-state index contributed by atoms with van der Waals surface area (Å²) in [6.45, 7) is 4.32. The predicted octanol–water partition coefficient (Wildman–Crippen LogP) is 1.51. The fourth-order valence-electron chi connectivity index (χ4n) is 2.71. The lowest BCUT2D eigenvalue weighted by Crippen LogP contribution is -2.34. The van der Waals surface area contributed by atoms with E-state index in [9.17, 15) is 9.59 Å². The van der Waals surface area contributed by atoms with Crippen LogP contribution in [0.5, 0.6) is 0 Å². The molecule has 2 rings (SSSR count). The second-order valence-corrected chi connectivity index (χ2v) is 5.54. The Bertz CT molecular complexity index is 344. The van der Waals surface area contributed by atoms with Crippen molar-refractivity contribution in [2.75, 3.05) is 19.7 Å². The molecule has 1 aliphatic heterocycles. The molecule has 1 aliphatic carbocycles. The van der Waals surface area contributed by atoms with Crippen LogP contribution in [-0.4, -0.2) is 47.7 Å². The van der Waals surface area contributed by atoms with E-state index in [1.807, 2.05) is 4.90 Å². The first-order valence-electron chi connectivity index (χ1n) is 7.26. The van der Waals surface area contributed by atoms with Crippen LogP contribution in [0.3, 0.4) is 0 Å². The first-order chi connectivity index (χ1) is 9.13. The Morgan fingerprint density at radius 3 is 2.68 bits per heavy atom. The predicted molar refractivity (Wildman–Crippen MR) is 69.7 cm³/mol. The van der Waals surface area contributed by atoms with E-state index in [-0.39, 0.29) is 17.9 Å². The molecule has 1 saturated carbocycles. The van der Waals surface area contributed by atoms with Gasteiger partial charge in [-0.1, -0.05) is 6.92 Å². The first kappa shape index (κ1) is 14.3. The number of rotatable bonds is 5. The number of carbonyl (C=O) groups is 2. The summed E-state index contributed by atoms with van der Waals surface area (Å²) in [5.74, 6) is -1.52. The van der Waals surface area contributed by atoms with Crippen LogP contribution in [0.25, 0.3) is 0 Å². The second kappa shape index (κ2) is 6.37. The highest BCUT2D eigenvalue weighted by Gasteiger charge is 2.49. The lowest BCUT2D eigenvalue weighted by atomic mass is 10.2. The molecule has 0 aromatic carbocycles. The van der Waals surface area contributed by atoms with Crippen LogP contribution in [0.2, 0.25) is 0 Å². The number of carbonyl (C=O) groups excluding carboxylic acids is 1. The van der Waals surface area contributed by atoms with Crippen molar-refractivity contribution in [3.8, 4) is 0 Å². The van der Waals surface area contributed by atoms with Crippen LogP contribution in [0.15, 0.2) is 0 Å². The van der Waals surface area contributed by atoms with E-state index in [2.05, 4.69) is 6.92 Å². The summed E-state index contributed by atoms with van der Waals surface area (Å²) in [5, 5.41) is 8.87. The number of aliphatic carboxylic acids is 1. The molecule has 1 amide bonds. The van der Waals surface area contributed by atoms with Gasteiger partial charge < -0.3 is 14.7 Å². The van der Waals surface area contributed by atoms with Gasteiger partial charge in [0.05, 0.1) is 17.9 Å². The van der Waals surface area contributed by atoms with Crippen molar-refractivity contribution in [2.24, 2.45) is 11.8 Å². The number of ether oxygens (including phenoxy) is 1. The SMILES string of the molecule is CCCO[C@@H]1CCCN(C(=O)[C@H]2C[C@H]2C(=O)O)CC1. The standard InChI is InChI=1S/C14H23NO4/c1-2-8-19-10-4-3-6-15(7-5-10)13(16)11-9-12(11)14(17)18/h10-12H,2-9H2,1H3,(H,17,18)/t10-,11+,12-/m1/s1. The second-order valence-electron chi connectivity index (χ2n) is 5.54. The maximum absolute atomic E-state index is 12.2. The van der Waals surface area contributed by atoms with E-state index in [1.54, 1.807) is 0 Å². The molecule has 0 unspecified atom stereocenters. The summed E-state index contributed by atoms with van der Waals surface area (Å²) in [4.78, 5) is 24.8. The maximum atomic E-state index is 12.2. The van der Waals surface area contributed by atoms with Gasteiger partial charge >= 0.3 is 5.97 Å². The highest BCUT2D eigenvalue weighted by Crippen LogP contribution is 2.40. The van der Waals surface area contributed by atoms with E-state index in [0.29, 0.717) is 13.0 Å². The Morgan fingerprint density at radius 2 is 2.05 bits per heavy atom. The van der Waals surface area contributed by atoms with Crippen molar-refractivity contribution in [3.63, 3.8) is 0 Å². The highest BCUT2D eigenvalue weighted by atomic mass is 16.5. The molecule has 0 bridgehead atoms. The number of likely N-dealkylation sites (tertiary alicyclic amines) is 1. The molecule has 2 aliphatic rings. The van der Waals surface area contributed by atoms with Gasteiger partial charge in [-0.05, 0) is 32.1 Å². The smallest absolute Gasteiger partial charge is 0.307 e. The van der Waals surface area contributed by atoms with E-state index in [1.165, 1.54) is 0 Å². The largest absolute Gasteiger partial charge is 0.481 e. The van der Waals surface area contributed by atoms with Crippen molar-refractivity contribution < 1.29 is 19.4 Å². The number of hydrogen-bond acceptors (Lipinski definition) is 3. The highest BCUT2D eigenvalue weighted by molar-refractivity contribution is 5.89. The third kappa shape index (κ3) is 3.69. The molecule has 19 heavy (non-hydrogen) atoms. The maximum Gasteiger partial charge on any atom is 0.307 e. The molecule has 0 aromatic heterocycles. The van der Waals surface area contributed by atoms with Crippen LogP contribution < -0.4 is 0 Å². The lowest BCUT2D eigenvalue weighted by Gasteiger charge is -2.20. The summed E-state index contributed by atoms with van der Waals surface area (Å²) in [6.07, 6.45) is 4.60. The van der Waals surface area contributed by atoms with Crippen LogP contribution in [0.1, 0.15) is 39.0 Å². The van der Waals surface area contributed by atoms with Gasteiger partial charge in [-0.2, -0.15) is 0 Å². The lowest BCUT2D eigenvalue weighted by molar-refractivity contribution is -0.142. The molecule has 108 valence electrons. The van der Waals surface area contributed by atoms with E-state index < -0.39 is 11.9 Å². The van der Waals surface area contributed by atoms with Gasteiger partial charge in [0, 0.05) is 19.7 Å². The zero-order chi connectivity index (χ0) is 13.8. The Morgan fingerprint density at radius 1 is 1.26 bits per heavy atom. The van der Waals surface area contributed by atoms with Crippen LogP contribution in [0, 0.1) is 11.8 Å². The average molecular weight is 269 g/mol. The summed E-state index contributed by atoms with van der Waals surface area (Å²) >= 11 is 0. The van der Waals surface area contributed by atoms with E-state index in [0.717, 1.165) is 38.8 Å². The molecule has 0 aromatic rings. The van der Waals surface area contributed by atoms with Gasteiger partial charge in [-0.15, -0.1) is 0 Å². The Labute approximate surface area is 113 Å². The number of hydrogen-bond donors (Lipinski definition) is 1. The first-order valence-corrected chi connectivity index (χ1v) is 7.26. The molecule has 5 nitrogen and oxygen atoms in total. The normalized spacial score (nSPS) is 30.8. The van der Waals surface area contributed by atoms with Crippen LogP contribution in [-0.2, 0) is 14.3 Å². The minimum absolute atomic E-state index is 0.0311. The monoisotopic (exact) mass is 269 g/mol. The topological polar surface area (TPSA) is 66.8 Å². The van der Waals surface area contributed by atoms with Gasteiger partial charge in [-0.25, -0.2) is 0 Å². The minimum atomic E-state index is -0.836. The molecular weight excluding hydrogens is 246 g/mol. The molecule has 2 fully saturated rings. The quantitative estimate of drug-likeness (QED) is 0.821. The zero-order valence-electron chi connectivity index (χ0n) is 11.5. The average Bonchev–Trinajstić information content (AvgIpc) is 3.19. The van der Waals surface area contributed by atoms with E-state index in [4.69, 9.17) is 9.84 Å². The van der Waals surface area contributed by atoms with Gasteiger partial charge in [0.15, 0.2) is 0 Å². The third-order valence-corrected chi connectivity index (χ3v) is 3.97. The van der Waals surface area contributed by atoms with Crippen LogP contribution >= 0.6 is 0 Å². The van der Waals surface area contributed by atoms with Crippen molar-refractivity contribution in [1.29, 1.82) is 0 Å². The molecule has 0 spiro atoms. The molecular formula is C14H23NO4. The number of nitrogens with zero attached hydrogens (tertiary/aromatic N) is 1. The summed E-state index contributed by atoms with van der Waals surface area (Å²) in [7, 11) is 0. The zero-order valence-corrected chi connectivity index (χ0v) is 11.5. The summed E-state index contributed by atoms with van der Waals surface area (Å²) in [6, 6.07) is 0. The number of carboxylic acid groups (broad SMARTS) is 1. The Kier molecular flexibility index (Phi) is 4.80. The molecule has 1 heterocycles. The van der Waals surface area contributed by atoms with Crippen LogP contribution in [0.4, 0.5) is 0 Å². The van der Waals surface area contributed by atoms with Gasteiger partial charge in [0.1, 0.15) is 0 Å². The molecule has 1 saturated heterocycles. The van der Waals surface area contributed by atoms with Gasteiger partial charge in [-0.3, -0.25) is 9.59 Å². The molecule has 5 heteroatoms. The molecule has 0 radical (unpaired) electrons. The minimum Gasteiger partial charge on any atom is -0.481 e.